The van der Waals surface area contributed by atoms with Gasteiger partial charge in [0.25, 0.3) is 0 Å². The van der Waals surface area contributed by atoms with Crippen LogP contribution in [0.4, 0.5) is 4.39 Å². The van der Waals surface area contributed by atoms with E-state index < -0.39 is 0 Å². The van der Waals surface area contributed by atoms with Crippen LogP contribution in [0.5, 0.6) is 5.75 Å². The second kappa shape index (κ2) is 10.0. The highest BCUT2D eigenvalue weighted by Gasteiger charge is 2.23. The molecule has 0 spiro atoms. The van der Waals surface area contributed by atoms with E-state index in [2.05, 4.69) is 0 Å². The summed E-state index contributed by atoms with van der Waals surface area (Å²) in [5.74, 6) is 0.675. The van der Waals surface area contributed by atoms with Gasteiger partial charge in [0.1, 0.15) is 11.6 Å². The first-order chi connectivity index (χ1) is 14.0. The number of piperazine rings is 1. The average Bonchev–Trinajstić information content (AvgIpc) is 2.76. The minimum absolute atomic E-state index is 0.0535. The highest BCUT2D eigenvalue weighted by Crippen LogP contribution is 2.15. The molecular weight excluding hydrogens is 371 g/mol. The van der Waals surface area contributed by atoms with Gasteiger partial charge in [0, 0.05) is 39.0 Å². The molecule has 0 bridgehead atoms. The third-order valence-corrected chi connectivity index (χ3v) is 5.26. The van der Waals surface area contributed by atoms with Gasteiger partial charge in [-0.2, -0.15) is 0 Å². The van der Waals surface area contributed by atoms with E-state index in [1.165, 1.54) is 12.1 Å². The van der Waals surface area contributed by atoms with E-state index in [0.29, 0.717) is 51.9 Å². The van der Waals surface area contributed by atoms with Crippen LogP contribution in [0.2, 0.25) is 0 Å². The summed E-state index contributed by atoms with van der Waals surface area (Å²) in [5.41, 5.74) is 1.90. The number of benzene rings is 2. The van der Waals surface area contributed by atoms with Crippen LogP contribution in [-0.2, 0) is 22.4 Å². The Kier molecular flexibility index (Phi) is 7.22. The summed E-state index contributed by atoms with van der Waals surface area (Å²) in [6.45, 7) is 2.21. The normalized spacial score (nSPS) is 14.0. The molecule has 1 aliphatic rings. The minimum atomic E-state index is -0.281. The van der Waals surface area contributed by atoms with Crippen LogP contribution in [0.25, 0.3) is 0 Å². The Morgan fingerprint density at radius 3 is 1.90 bits per heavy atom. The highest BCUT2D eigenvalue weighted by atomic mass is 19.1. The van der Waals surface area contributed by atoms with Crippen molar-refractivity contribution >= 4 is 11.8 Å². The molecule has 1 fully saturated rings. The molecule has 0 N–H and O–H groups in total. The van der Waals surface area contributed by atoms with Crippen molar-refractivity contribution in [1.82, 2.24) is 9.80 Å². The van der Waals surface area contributed by atoms with Crippen LogP contribution >= 0.6 is 0 Å². The molecule has 1 saturated heterocycles. The van der Waals surface area contributed by atoms with E-state index in [9.17, 15) is 14.0 Å². The average molecular weight is 398 g/mol. The lowest BCUT2D eigenvalue weighted by molar-refractivity contribution is -0.139. The number of methoxy groups -OCH3 is 1. The largest absolute Gasteiger partial charge is 0.497 e. The quantitative estimate of drug-likeness (QED) is 0.720. The van der Waals surface area contributed by atoms with Gasteiger partial charge < -0.3 is 14.5 Å². The molecule has 2 aromatic carbocycles. The molecule has 1 heterocycles. The smallest absolute Gasteiger partial charge is 0.223 e. The van der Waals surface area contributed by atoms with Crippen molar-refractivity contribution in [3.8, 4) is 5.75 Å². The van der Waals surface area contributed by atoms with Crippen LogP contribution in [0.1, 0.15) is 24.0 Å². The predicted molar refractivity (Wildman–Crippen MR) is 109 cm³/mol. The molecule has 3 rings (SSSR count). The van der Waals surface area contributed by atoms with Crippen LogP contribution < -0.4 is 4.74 Å². The molecule has 29 heavy (non-hydrogen) atoms. The molecule has 154 valence electrons. The van der Waals surface area contributed by atoms with E-state index in [0.717, 1.165) is 16.9 Å². The molecule has 2 aromatic rings. The van der Waals surface area contributed by atoms with E-state index in [1.54, 1.807) is 18.1 Å². The Labute approximate surface area is 171 Å². The lowest BCUT2D eigenvalue weighted by Crippen LogP contribution is -2.50. The molecule has 0 aromatic heterocycles. The summed E-state index contributed by atoms with van der Waals surface area (Å²) >= 11 is 0. The number of carbonyl (C=O) groups is 2. The maximum atomic E-state index is 13.2. The molecule has 0 saturated carbocycles. The number of hydrogen-bond donors (Lipinski definition) is 0. The Morgan fingerprint density at radius 1 is 0.862 bits per heavy atom. The first-order valence-electron chi connectivity index (χ1n) is 9.98. The highest BCUT2D eigenvalue weighted by molar-refractivity contribution is 5.78. The molecule has 0 aliphatic carbocycles. The number of hydrogen-bond acceptors (Lipinski definition) is 3. The zero-order valence-corrected chi connectivity index (χ0v) is 16.8. The van der Waals surface area contributed by atoms with Crippen molar-refractivity contribution in [2.24, 2.45) is 0 Å². The van der Waals surface area contributed by atoms with E-state index in [-0.39, 0.29) is 17.6 Å². The SMILES string of the molecule is COc1cccc(CCC(=O)N2CCN(C(=O)CCc3cccc(F)c3)CC2)c1. The van der Waals surface area contributed by atoms with Gasteiger partial charge in [-0.1, -0.05) is 24.3 Å². The van der Waals surface area contributed by atoms with Gasteiger partial charge in [-0.3, -0.25) is 9.59 Å². The first kappa shape index (κ1) is 20.8. The van der Waals surface area contributed by atoms with E-state index in [1.807, 2.05) is 35.2 Å². The second-order valence-electron chi connectivity index (χ2n) is 7.24. The van der Waals surface area contributed by atoms with Gasteiger partial charge in [-0.05, 0) is 48.2 Å². The summed E-state index contributed by atoms with van der Waals surface area (Å²) in [5, 5.41) is 0. The fraction of sp³-hybridized carbons (Fsp3) is 0.391. The van der Waals surface area contributed by atoms with Gasteiger partial charge in [0.05, 0.1) is 7.11 Å². The Hall–Kier alpha value is -2.89. The van der Waals surface area contributed by atoms with Crippen LogP contribution in [0.3, 0.4) is 0 Å². The van der Waals surface area contributed by atoms with Crippen LogP contribution in [0.15, 0.2) is 48.5 Å². The molecule has 2 amide bonds. The number of aryl methyl sites for hydroxylation is 2. The van der Waals surface area contributed by atoms with E-state index in [4.69, 9.17) is 4.74 Å². The number of halogens is 1. The molecule has 0 radical (unpaired) electrons. The third-order valence-electron chi connectivity index (χ3n) is 5.26. The monoisotopic (exact) mass is 398 g/mol. The van der Waals surface area contributed by atoms with Crippen LogP contribution in [-0.4, -0.2) is 54.9 Å². The molecule has 1 aliphatic heterocycles. The topological polar surface area (TPSA) is 49.9 Å². The Balaban J connectivity index is 1.40. The zero-order valence-electron chi connectivity index (χ0n) is 16.8. The third kappa shape index (κ3) is 6.04. The second-order valence-corrected chi connectivity index (χ2v) is 7.24. The summed E-state index contributed by atoms with van der Waals surface area (Å²) < 4.78 is 18.4. The van der Waals surface area contributed by atoms with Crippen molar-refractivity contribution in [1.29, 1.82) is 0 Å². The fourth-order valence-corrected chi connectivity index (χ4v) is 3.54. The first-order valence-corrected chi connectivity index (χ1v) is 9.98. The van der Waals surface area contributed by atoms with Gasteiger partial charge in [-0.15, -0.1) is 0 Å². The van der Waals surface area contributed by atoms with Gasteiger partial charge in [0.15, 0.2) is 0 Å². The summed E-state index contributed by atoms with van der Waals surface area (Å²) in [6.07, 6.45) is 1.99. The fourth-order valence-electron chi connectivity index (χ4n) is 3.54. The lowest BCUT2D eigenvalue weighted by Gasteiger charge is -2.35. The van der Waals surface area contributed by atoms with Crippen LogP contribution in [0, 0.1) is 5.82 Å². The minimum Gasteiger partial charge on any atom is -0.497 e. The van der Waals surface area contributed by atoms with Gasteiger partial charge in [0.2, 0.25) is 11.8 Å². The van der Waals surface area contributed by atoms with Crippen molar-refractivity contribution in [2.75, 3.05) is 33.3 Å². The van der Waals surface area contributed by atoms with Crippen molar-refractivity contribution in [3.63, 3.8) is 0 Å². The molecule has 0 atom stereocenters. The Bertz CT molecular complexity index is 848. The molecule has 6 heteroatoms. The summed E-state index contributed by atoms with van der Waals surface area (Å²) in [4.78, 5) is 28.5. The number of rotatable bonds is 7. The maximum Gasteiger partial charge on any atom is 0.223 e. The lowest BCUT2D eigenvalue weighted by atomic mass is 10.1. The van der Waals surface area contributed by atoms with Gasteiger partial charge in [-0.25, -0.2) is 4.39 Å². The molecule has 5 nitrogen and oxygen atoms in total. The van der Waals surface area contributed by atoms with Crippen molar-refractivity contribution < 1.29 is 18.7 Å². The van der Waals surface area contributed by atoms with Crippen molar-refractivity contribution in [3.05, 3.63) is 65.5 Å². The standard InChI is InChI=1S/C23H27FN2O3/c1-29-21-7-3-5-19(17-21)9-11-23(28)26-14-12-25(13-15-26)22(27)10-8-18-4-2-6-20(24)16-18/h2-7,16-17H,8-15H2,1H3. The molecule has 0 unspecified atom stereocenters. The maximum absolute atomic E-state index is 13.2. The zero-order chi connectivity index (χ0) is 20.6. The van der Waals surface area contributed by atoms with Crippen molar-refractivity contribution in [2.45, 2.75) is 25.7 Å². The summed E-state index contributed by atoms with van der Waals surface area (Å²) in [7, 11) is 1.63. The number of ether oxygens (including phenoxy) is 1. The number of carbonyl (C=O) groups excluding carboxylic acids is 2. The Morgan fingerprint density at radius 2 is 1.38 bits per heavy atom. The summed E-state index contributed by atoms with van der Waals surface area (Å²) in [6, 6.07) is 14.1. The molecular formula is C23H27FN2O3. The number of nitrogens with zero attached hydrogens (tertiary/aromatic N) is 2. The predicted octanol–water partition coefficient (Wildman–Crippen LogP) is 3.07. The number of amides is 2. The van der Waals surface area contributed by atoms with Gasteiger partial charge >= 0.3 is 0 Å². The van der Waals surface area contributed by atoms with E-state index >= 15 is 0 Å².